The van der Waals surface area contributed by atoms with E-state index in [4.69, 9.17) is 8.85 Å². The highest BCUT2D eigenvalue weighted by atomic mass is 28.4. The van der Waals surface area contributed by atoms with Gasteiger partial charge in [-0.15, -0.1) is 0 Å². The van der Waals surface area contributed by atoms with Gasteiger partial charge in [-0.2, -0.15) is 0 Å². The average Bonchev–Trinajstić information content (AvgIpc) is 2.16. The van der Waals surface area contributed by atoms with Crippen molar-refractivity contribution in [2.45, 2.75) is 52.6 Å². The molecule has 0 heterocycles. The molecule has 0 atom stereocenters. The highest BCUT2D eigenvalue weighted by molar-refractivity contribution is 6.70. The minimum absolute atomic E-state index is 0.137. The van der Waals surface area contributed by atoms with Gasteiger partial charge in [-0.3, -0.25) is 0 Å². The number of aliphatic hydroxyl groups is 1. The third-order valence-electron chi connectivity index (χ3n) is 2.71. The fraction of sp³-hybridized carbons (Fsp3) is 1.00. The molecular weight excluding hydrogens is 248 g/mol. The second-order valence-corrected chi connectivity index (χ2v) is 15.8. The summed E-state index contributed by atoms with van der Waals surface area (Å²) in [6.07, 6.45) is 0.887. The van der Waals surface area contributed by atoms with Gasteiger partial charge in [-0.1, -0.05) is 6.92 Å². The molecule has 0 aliphatic heterocycles. The lowest BCUT2D eigenvalue weighted by molar-refractivity contribution is 0.0153. The molecule has 0 spiro atoms. The van der Waals surface area contributed by atoms with E-state index in [0.29, 0.717) is 13.2 Å². The Balaban J connectivity index is 4.46. The monoisotopic (exact) mass is 278 g/mol. The Morgan fingerprint density at radius 2 is 1.24 bits per heavy atom. The van der Waals surface area contributed by atoms with E-state index < -0.39 is 16.6 Å². The van der Waals surface area contributed by atoms with E-state index in [1.165, 1.54) is 0 Å². The molecule has 0 aliphatic rings. The zero-order valence-corrected chi connectivity index (χ0v) is 14.6. The number of hydrogen-bond acceptors (Lipinski definition) is 3. The summed E-state index contributed by atoms with van der Waals surface area (Å²) >= 11 is 0. The van der Waals surface area contributed by atoms with Crippen molar-refractivity contribution in [2.24, 2.45) is 5.41 Å². The van der Waals surface area contributed by atoms with Crippen LogP contribution in [0.1, 0.15) is 13.3 Å². The van der Waals surface area contributed by atoms with E-state index in [-0.39, 0.29) is 12.0 Å². The van der Waals surface area contributed by atoms with Gasteiger partial charge in [0.25, 0.3) is 0 Å². The molecule has 0 radical (unpaired) electrons. The summed E-state index contributed by atoms with van der Waals surface area (Å²) in [6.45, 7) is 16.5. The quantitative estimate of drug-likeness (QED) is 0.694. The van der Waals surface area contributed by atoms with Gasteiger partial charge >= 0.3 is 0 Å². The van der Waals surface area contributed by atoms with E-state index in [1.54, 1.807) is 0 Å². The number of hydrogen-bond donors (Lipinski definition) is 1. The second kappa shape index (κ2) is 6.47. The molecule has 5 heteroatoms. The van der Waals surface area contributed by atoms with Crippen molar-refractivity contribution in [3.05, 3.63) is 0 Å². The number of aliphatic hydroxyl groups excluding tert-OH is 1. The van der Waals surface area contributed by atoms with Crippen LogP contribution in [0.4, 0.5) is 0 Å². The Kier molecular flexibility index (Phi) is 6.59. The van der Waals surface area contributed by atoms with Crippen LogP contribution in [0.25, 0.3) is 0 Å². The maximum absolute atomic E-state index is 9.64. The van der Waals surface area contributed by atoms with Crippen LogP contribution in [0.2, 0.25) is 39.3 Å². The van der Waals surface area contributed by atoms with Crippen LogP contribution < -0.4 is 0 Å². The van der Waals surface area contributed by atoms with Crippen LogP contribution in [-0.4, -0.2) is 41.6 Å². The van der Waals surface area contributed by atoms with Crippen LogP contribution in [0.3, 0.4) is 0 Å². The lowest BCUT2D eigenvalue weighted by Gasteiger charge is -2.35. The minimum atomic E-state index is -1.53. The molecule has 0 aromatic rings. The van der Waals surface area contributed by atoms with Crippen LogP contribution in [0.5, 0.6) is 0 Å². The smallest absolute Gasteiger partial charge is 0.183 e. The molecule has 0 bridgehead atoms. The first-order chi connectivity index (χ1) is 7.54. The van der Waals surface area contributed by atoms with Gasteiger partial charge in [0.2, 0.25) is 0 Å². The topological polar surface area (TPSA) is 38.7 Å². The van der Waals surface area contributed by atoms with Crippen molar-refractivity contribution in [2.75, 3.05) is 19.8 Å². The van der Waals surface area contributed by atoms with Crippen molar-refractivity contribution in [1.29, 1.82) is 0 Å². The minimum Gasteiger partial charge on any atom is -0.417 e. The first kappa shape index (κ1) is 17.3. The van der Waals surface area contributed by atoms with Crippen molar-refractivity contribution in [1.82, 2.24) is 0 Å². The maximum atomic E-state index is 9.64. The average molecular weight is 279 g/mol. The summed E-state index contributed by atoms with van der Waals surface area (Å²) in [5.41, 5.74) is -0.222. The van der Waals surface area contributed by atoms with Crippen LogP contribution in [0.15, 0.2) is 0 Å². The van der Waals surface area contributed by atoms with Gasteiger partial charge in [-0.05, 0) is 45.7 Å². The van der Waals surface area contributed by atoms with E-state index >= 15 is 0 Å². The van der Waals surface area contributed by atoms with Crippen molar-refractivity contribution >= 4 is 16.6 Å². The summed E-state index contributed by atoms with van der Waals surface area (Å²) in [7, 11) is -3.06. The van der Waals surface area contributed by atoms with Gasteiger partial charge < -0.3 is 14.0 Å². The molecule has 0 unspecified atom stereocenters. The largest absolute Gasteiger partial charge is 0.417 e. The third kappa shape index (κ3) is 8.10. The highest BCUT2D eigenvalue weighted by Gasteiger charge is 2.32. The molecule has 0 aliphatic carbocycles. The second-order valence-electron chi connectivity index (χ2n) is 6.81. The summed E-state index contributed by atoms with van der Waals surface area (Å²) in [5, 5.41) is 9.64. The molecule has 104 valence electrons. The van der Waals surface area contributed by atoms with Crippen LogP contribution in [0, 0.1) is 5.41 Å². The van der Waals surface area contributed by atoms with E-state index in [1.807, 2.05) is 0 Å². The predicted octanol–water partition coefficient (Wildman–Crippen LogP) is 3.08. The lowest BCUT2D eigenvalue weighted by Crippen LogP contribution is -2.43. The third-order valence-corrected chi connectivity index (χ3v) is 4.73. The Labute approximate surface area is 109 Å². The first-order valence-electron chi connectivity index (χ1n) is 6.42. The van der Waals surface area contributed by atoms with E-state index in [2.05, 4.69) is 46.2 Å². The highest BCUT2D eigenvalue weighted by Crippen LogP contribution is 2.25. The Morgan fingerprint density at radius 1 is 0.882 bits per heavy atom. The molecule has 1 N–H and O–H groups in total. The summed E-state index contributed by atoms with van der Waals surface area (Å²) in [4.78, 5) is 0. The van der Waals surface area contributed by atoms with Crippen LogP contribution >= 0.6 is 0 Å². The molecule has 0 rings (SSSR count). The van der Waals surface area contributed by atoms with Gasteiger partial charge in [0.05, 0.1) is 6.61 Å². The Hall–Kier alpha value is 0.314. The molecular formula is C12H30O3Si2. The Morgan fingerprint density at radius 3 is 1.41 bits per heavy atom. The van der Waals surface area contributed by atoms with Crippen molar-refractivity contribution in [3.63, 3.8) is 0 Å². The number of rotatable bonds is 8. The molecule has 0 saturated heterocycles. The standard InChI is InChI=1S/C12H30O3Si2/c1-8-12(9-13,10-14-16(2,3)4)11-15-17(5,6)7/h13H,8-11H2,1-7H3. The van der Waals surface area contributed by atoms with Gasteiger partial charge in [-0.25, -0.2) is 0 Å². The molecule has 0 aromatic carbocycles. The lowest BCUT2D eigenvalue weighted by atomic mass is 9.88. The molecule has 3 nitrogen and oxygen atoms in total. The molecule has 17 heavy (non-hydrogen) atoms. The van der Waals surface area contributed by atoms with Gasteiger partial charge in [0, 0.05) is 18.6 Å². The summed E-state index contributed by atoms with van der Waals surface area (Å²) in [6, 6.07) is 0. The van der Waals surface area contributed by atoms with E-state index in [0.717, 1.165) is 6.42 Å². The summed E-state index contributed by atoms with van der Waals surface area (Å²) in [5.74, 6) is 0. The van der Waals surface area contributed by atoms with E-state index in [9.17, 15) is 5.11 Å². The predicted molar refractivity (Wildman–Crippen MR) is 78.4 cm³/mol. The first-order valence-corrected chi connectivity index (χ1v) is 13.2. The summed E-state index contributed by atoms with van der Waals surface area (Å²) < 4.78 is 11.9. The van der Waals surface area contributed by atoms with Crippen molar-refractivity contribution in [3.8, 4) is 0 Å². The zero-order valence-electron chi connectivity index (χ0n) is 12.6. The van der Waals surface area contributed by atoms with Crippen LogP contribution in [-0.2, 0) is 8.85 Å². The fourth-order valence-corrected chi connectivity index (χ4v) is 2.67. The molecule has 0 amide bonds. The SMILES string of the molecule is CCC(CO)(CO[Si](C)(C)C)CO[Si](C)(C)C. The van der Waals surface area contributed by atoms with Gasteiger partial charge in [0.1, 0.15) is 0 Å². The Bertz CT molecular complexity index is 195. The van der Waals surface area contributed by atoms with Crippen molar-refractivity contribution < 1.29 is 14.0 Å². The zero-order chi connectivity index (χ0) is 13.7. The maximum Gasteiger partial charge on any atom is 0.183 e. The van der Waals surface area contributed by atoms with Gasteiger partial charge in [0.15, 0.2) is 16.6 Å². The molecule has 0 saturated carbocycles. The normalized spacial score (nSPS) is 14.1. The fourth-order valence-electron chi connectivity index (χ4n) is 1.19. The molecule has 0 fully saturated rings. The molecule has 0 aromatic heterocycles.